The Labute approximate surface area is 262 Å². The van der Waals surface area contributed by atoms with Crippen LogP contribution < -0.4 is 0 Å². The minimum absolute atomic E-state index is 0.0943. The predicted molar refractivity (Wildman–Crippen MR) is 189 cm³/mol. The lowest BCUT2D eigenvalue weighted by Gasteiger charge is -2.21. The topological polar surface area (TPSA) is 31.2 Å². The molecule has 12 rings (SSSR count). The van der Waals surface area contributed by atoms with E-state index in [4.69, 9.17) is 8.83 Å². The molecule has 0 saturated carbocycles. The molecule has 3 heteroatoms. The Bertz CT molecular complexity index is 3050. The molecule has 0 amide bonds. The van der Waals surface area contributed by atoms with Crippen LogP contribution in [0.3, 0.4) is 0 Å². The monoisotopic (exact) mass is 587 g/mol. The van der Waals surface area contributed by atoms with E-state index < -0.39 is 0 Å². The quantitative estimate of drug-likeness (QED) is 0.191. The van der Waals surface area contributed by atoms with E-state index in [-0.39, 0.29) is 5.41 Å². The van der Waals surface area contributed by atoms with Crippen LogP contribution in [0, 0.1) is 0 Å². The molecular weight excluding hydrogens is 562 g/mol. The van der Waals surface area contributed by atoms with Crippen molar-refractivity contribution in [3.63, 3.8) is 0 Å². The van der Waals surface area contributed by atoms with Gasteiger partial charge in [0.2, 0.25) is 0 Å². The van der Waals surface area contributed by atoms with Gasteiger partial charge in [-0.1, -0.05) is 86.6 Å². The highest BCUT2D eigenvalue weighted by Crippen LogP contribution is 2.53. The first-order valence-corrected chi connectivity index (χ1v) is 16.0. The molecule has 3 heterocycles. The van der Waals surface area contributed by atoms with Gasteiger partial charge in [0.05, 0.1) is 16.7 Å². The second kappa shape index (κ2) is 7.52. The number of nitrogens with zero attached hydrogens (tertiary/aromatic N) is 1. The van der Waals surface area contributed by atoms with Crippen molar-refractivity contribution in [2.45, 2.75) is 19.3 Å². The normalized spacial score (nSPS) is 14.5. The first kappa shape index (κ1) is 23.6. The van der Waals surface area contributed by atoms with Crippen LogP contribution in [0.5, 0.6) is 0 Å². The average molecular weight is 588 g/mol. The SMILES string of the molecule is CC1(C)c2ccccc2-c2cc3c4ccccc4n(-c4ccc5c6c4oc4ccc7ccc8oc9cccc-5c9c8c7c46)c3cc21. The molecule has 0 fully saturated rings. The van der Waals surface area contributed by atoms with E-state index in [9.17, 15) is 0 Å². The molecule has 0 N–H and O–H groups in total. The standard InChI is InChI=1S/C43H25NO2/c1-43(2)29-11-5-3-8-23(29)27-20-28-24-9-4-6-12-31(24)44(33(28)21-30(27)43)32-17-16-26-25-10-7-13-34-38(25)40-35(45-34)18-14-22-15-19-36-41(37(22)40)39(26)42(32)46-36/h3-21H,1-2H3. The molecule has 2 aliphatic carbocycles. The molecule has 0 spiro atoms. The fourth-order valence-corrected chi connectivity index (χ4v) is 9.12. The molecular formula is C43H25NO2. The Morgan fingerprint density at radius 2 is 1.22 bits per heavy atom. The lowest BCUT2D eigenvalue weighted by Crippen LogP contribution is -2.14. The van der Waals surface area contributed by atoms with Crippen LogP contribution >= 0.6 is 0 Å². The highest BCUT2D eigenvalue weighted by Gasteiger charge is 2.36. The van der Waals surface area contributed by atoms with Gasteiger partial charge in [-0.3, -0.25) is 0 Å². The van der Waals surface area contributed by atoms with Crippen LogP contribution in [-0.4, -0.2) is 4.57 Å². The first-order chi connectivity index (χ1) is 22.6. The van der Waals surface area contributed by atoms with Gasteiger partial charge >= 0.3 is 0 Å². The molecule has 214 valence electrons. The van der Waals surface area contributed by atoms with E-state index in [0.717, 1.165) is 28.0 Å². The summed E-state index contributed by atoms with van der Waals surface area (Å²) in [6, 6.07) is 42.2. The highest BCUT2D eigenvalue weighted by molar-refractivity contribution is 6.37. The lowest BCUT2D eigenvalue weighted by atomic mass is 9.82. The van der Waals surface area contributed by atoms with Gasteiger partial charge in [0.25, 0.3) is 0 Å². The molecule has 0 atom stereocenters. The van der Waals surface area contributed by atoms with Gasteiger partial charge in [0.1, 0.15) is 16.7 Å². The van der Waals surface area contributed by atoms with Crippen molar-refractivity contribution >= 4 is 76.5 Å². The molecule has 3 aromatic heterocycles. The molecule has 3 nitrogen and oxygen atoms in total. The molecule has 0 radical (unpaired) electrons. The Hall–Kier alpha value is -5.80. The Balaban J connectivity index is 1.27. The van der Waals surface area contributed by atoms with Crippen LogP contribution in [0.4, 0.5) is 0 Å². The summed E-state index contributed by atoms with van der Waals surface area (Å²) < 4.78 is 15.8. The van der Waals surface area contributed by atoms with E-state index in [1.807, 2.05) is 0 Å². The Morgan fingerprint density at radius 3 is 2.13 bits per heavy atom. The zero-order valence-corrected chi connectivity index (χ0v) is 25.2. The van der Waals surface area contributed by atoms with Gasteiger partial charge < -0.3 is 13.4 Å². The molecule has 7 aromatic carbocycles. The maximum atomic E-state index is 6.98. The Morgan fingerprint density at radius 1 is 0.478 bits per heavy atom. The summed E-state index contributed by atoms with van der Waals surface area (Å²) in [7, 11) is 0. The second-order valence-electron chi connectivity index (χ2n) is 13.6. The summed E-state index contributed by atoms with van der Waals surface area (Å²) in [5.41, 5.74) is 14.8. The largest absolute Gasteiger partial charge is 0.456 e. The van der Waals surface area contributed by atoms with Gasteiger partial charge in [0, 0.05) is 43.1 Å². The Kier molecular flexibility index (Phi) is 3.85. The number of hydrogen-bond donors (Lipinski definition) is 0. The molecule has 10 aromatic rings. The second-order valence-corrected chi connectivity index (χ2v) is 13.6. The van der Waals surface area contributed by atoms with Crippen LogP contribution in [-0.2, 0) is 5.41 Å². The zero-order valence-electron chi connectivity index (χ0n) is 25.2. The minimum atomic E-state index is -0.0943. The van der Waals surface area contributed by atoms with Crippen LogP contribution in [0.15, 0.2) is 124 Å². The zero-order chi connectivity index (χ0) is 30.1. The maximum Gasteiger partial charge on any atom is 0.160 e. The molecule has 2 aliphatic rings. The van der Waals surface area contributed by atoms with E-state index in [1.54, 1.807) is 0 Å². The molecule has 0 unspecified atom stereocenters. The number of furan rings is 2. The van der Waals surface area contributed by atoms with E-state index >= 15 is 0 Å². The van der Waals surface area contributed by atoms with Gasteiger partial charge in [0.15, 0.2) is 5.58 Å². The smallest absolute Gasteiger partial charge is 0.160 e. The third kappa shape index (κ3) is 2.51. The van der Waals surface area contributed by atoms with Crippen molar-refractivity contribution in [2.24, 2.45) is 0 Å². The highest BCUT2D eigenvalue weighted by atomic mass is 16.3. The van der Waals surface area contributed by atoms with Crippen molar-refractivity contribution in [1.29, 1.82) is 0 Å². The molecule has 0 aliphatic heterocycles. The number of aromatic nitrogens is 1. The number of para-hydroxylation sites is 1. The molecule has 0 bridgehead atoms. The summed E-state index contributed by atoms with van der Waals surface area (Å²) in [4.78, 5) is 0. The van der Waals surface area contributed by atoms with Gasteiger partial charge in [-0.05, 0) is 81.2 Å². The van der Waals surface area contributed by atoms with E-state index in [2.05, 4.69) is 134 Å². The van der Waals surface area contributed by atoms with Crippen LogP contribution in [0.2, 0.25) is 0 Å². The first-order valence-electron chi connectivity index (χ1n) is 16.0. The number of fused-ring (bicyclic) bond motifs is 7. The van der Waals surface area contributed by atoms with Crippen molar-refractivity contribution in [1.82, 2.24) is 4.57 Å². The van der Waals surface area contributed by atoms with Gasteiger partial charge in [-0.15, -0.1) is 0 Å². The predicted octanol–water partition coefficient (Wildman–Crippen LogP) is 12.0. The van der Waals surface area contributed by atoms with Crippen molar-refractivity contribution in [3.05, 3.63) is 126 Å². The maximum absolute atomic E-state index is 6.98. The van der Waals surface area contributed by atoms with Crippen molar-refractivity contribution in [3.8, 4) is 27.9 Å². The average Bonchev–Trinajstić information content (AvgIpc) is 3.79. The fraction of sp³-hybridized carbons (Fsp3) is 0.0698. The summed E-state index contributed by atoms with van der Waals surface area (Å²) >= 11 is 0. The number of hydrogen-bond acceptors (Lipinski definition) is 2. The summed E-state index contributed by atoms with van der Waals surface area (Å²) in [6.07, 6.45) is 0. The van der Waals surface area contributed by atoms with E-state index in [0.29, 0.717) is 0 Å². The summed E-state index contributed by atoms with van der Waals surface area (Å²) in [5, 5.41) is 9.65. The fourth-order valence-electron chi connectivity index (χ4n) is 9.12. The summed E-state index contributed by atoms with van der Waals surface area (Å²) in [5.74, 6) is 0. The summed E-state index contributed by atoms with van der Waals surface area (Å²) in [6.45, 7) is 4.71. The van der Waals surface area contributed by atoms with E-state index in [1.165, 1.54) is 87.5 Å². The van der Waals surface area contributed by atoms with Crippen molar-refractivity contribution < 1.29 is 8.83 Å². The third-order valence-electron chi connectivity index (χ3n) is 11.1. The number of benzene rings is 7. The molecule has 46 heavy (non-hydrogen) atoms. The lowest BCUT2D eigenvalue weighted by molar-refractivity contribution is 0.660. The minimum Gasteiger partial charge on any atom is -0.456 e. The van der Waals surface area contributed by atoms with Gasteiger partial charge in [-0.25, -0.2) is 0 Å². The van der Waals surface area contributed by atoms with Crippen LogP contribution in [0.1, 0.15) is 25.0 Å². The van der Waals surface area contributed by atoms with Gasteiger partial charge in [-0.2, -0.15) is 0 Å². The molecule has 0 saturated heterocycles. The third-order valence-corrected chi connectivity index (χ3v) is 11.1. The number of rotatable bonds is 1. The van der Waals surface area contributed by atoms with Crippen LogP contribution in [0.25, 0.3) is 104 Å². The van der Waals surface area contributed by atoms with Crippen molar-refractivity contribution in [2.75, 3.05) is 0 Å².